The summed E-state index contributed by atoms with van der Waals surface area (Å²) in [5.74, 6) is -2.08. The van der Waals surface area contributed by atoms with Crippen LogP contribution in [0.4, 0.5) is 0 Å². The van der Waals surface area contributed by atoms with Crippen molar-refractivity contribution in [2.24, 2.45) is 0 Å². The molecular formula is C30H44O5Zn. The molecule has 2 aromatic rings. The van der Waals surface area contributed by atoms with Crippen molar-refractivity contribution in [3.8, 4) is 5.75 Å². The average Bonchev–Trinajstić information content (AvgIpc) is 2.64. The molecule has 6 heteroatoms. The number of carboxylic acid groups (broad SMARTS) is 2. The summed E-state index contributed by atoms with van der Waals surface area (Å²) in [7, 11) is 0. The van der Waals surface area contributed by atoms with E-state index < -0.39 is 11.9 Å². The minimum atomic E-state index is -1.09. The van der Waals surface area contributed by atoms with E-state index in [2.05, 4.69) is 47.6 Å². The van der Waals surface area contributed by atoms with Gasteiger partial charge in [0.1, 0.15) is 11.3 Å². The van der Waals surface area contributed by atoms with Gasteiger partial charge >= 0.3 is 11.9 Å². The Labute approximate surface area is 230 Å². The molecule has 2 aromatic carbocycles. The van der Waals surface area contributed by atoms with E-state index >= 15 is 0 Å². The number of aromatic carboxylic acids is 2. The van der Waals surface area contributed by atoms with Gasteiger partial charge in [0.05, 0.1) is 5.56 Å². The molecule has 0 aliphatic heterocycles. The Kier molecular flexibility index (Phi) is 10.8. The van der Waals surface area contributed by atoms with E-state index in [0.29, 0.717) is 11.1 Å². The molecule has 0 heterocycles. The van der Waals surface area contributed by atoms with Crippen molar-refractivity contribution in [1.82, 2.24) is 0 Å². The van der Waals surface area contributed by atoms with Crippen LogP contribution in [0.2, 0.25) is 0 Å². The molecule has 0 aromatic heterocycles. The fraction of sp³-hybridized carbons (Fsp3) is 0.533. The molecule has 0 radical (unpaired) electrons. The topological polar surface area (TPSA) is 94.8 Å². The Bertz CT molecular complexity index is 1060. The number of phenols is 1. The van der Waals surface area contributed by atoms with Crippen LogP contribution in [0, 0.1) is 0 Å². The zero-order valence-corrected chi connectivity index (χ0v) is 27.2. The largest absolute Gasteiger partial charge is 0.507 e. The van der Waals surface area contributed by atoms with Crippen molar-refractivity contribution in [2.45, 2.75) is 105 Å². The molecule has 0 aliphatic carbocycles. The van der Waals surface area contributed by atoms with Crippen LogP contribution < -0.4 is 0 Å². The van der Waals surface area contributed by atoms with Crippen LogP contribution in [0.1, 0.15) is 126 Å². The molecule has 0 atom stereocenters. The third-order valence-electron chi connectivity index (χ3n) is 5.93. The van der Waals surface area contributed by atoms with Crippen LogP contribution in [0.3, 0.4) is 0 Å². The average molecular weight is 550 g/mol. The summed E-state index contributed by atoms with van der Waals surface area (Å²) in [5.41, 5.74) is 3.57. The molecule has 2 rings (SSSR count). The summed E-state index contributed by atoms with van der Waals surface area (Å²) >= 11 is 0. The van der Waals surface area contributed by atoms with Gasteiger partial charge in [0, 0.05) is 25.0 Å². The van der Waals surface area contributed by atoms with Gasteiger partial charge in [-0.05, 0) is 56.5 Å². The third kappa shape index (κ3) is 9.03. The number of carbonyl (C=O) groups is 2. The smallest absolute Gasteiger partial charge is 0.339 e. The molecule has 0 saturated heterocycles. The molecule has 0 unspecified atom stereocenters. The van der Waals surface area contributed by atoms with Gasteiger partial charge in [0.2, 0.25) is 0 Å². The fourth-order valence-electron chi connectivity index (χ4n) is 3.42. The molecule has 36 heavy (non-hydrogen) atoms. The number of hydrogen-bond donors (Lipinski definition) is 3. The number of rotatable bonds is 2. The molecular weight excluding hydrogens is 506 g/mol. The summed E-state index contributed by atoms with van der Waals surface area (Å²) < 4.78 is 0. The Balaban J connectivity index is 0.000000663. The summed E-state index contributed by atoms with van der Waals surface area (Å²) in [6.07, 6.45) is 0. The Morgan fingerprint density at radius 1 is 0.556 bits per heavy atom. The van der Waals surface area contributed by atoms with E-state index in [1.165, 1.54) is 0 Å². The quantitative estimate of drug-likeness (QED) is 0.334. The Morgan fingerprint density at radius 2 is 0.917 bits per heavy atom. The second kappa shape index (κ2) is 11.5. The molecule has 5 nitrogen and oxygen atoms in total. The third-order valence-corrected chi connectivity index (χ3v) is 5.93. The van der Waals surface area contributed by atoms with E-state index in [-0.39, 0.29) is 52.5 Å². The van der Waals surface area contributed by atoms with Crippen molar-refractivity contribution < 1.29 is 44.4 Å². The van der Waals surface area contributed by atoms with Crippen molar-refractivity contribution in [1.29, 1.82) is 0 Å². The van der Waals surface area contributed by atoms with Crippen LogP contribution in [-0.4, -0.2) is 27.3 Å². The molecule has 0 aliphatic rings. The monoisotopic (exact) mass is 548 g/mol. The molecule has 0 bridgehead atoms. The summed E-state index contributed by atoms with van der Waals surface area (Å²) in [5, 5.41) is 28.5. The van der Waals surface area contributed by atoms with E-state index in [4.69, 9.17) is 5.11 Å². The van der Waals surface area contributed by atoms with Crippen molar-refractivity contribution in [3.63, 3.8) is 0 Å². The van der Waals surface area contributed by atoms with Crippen molar-refractivity contribution in [2.75, 3.05) is 0 Å². The van der Waals surface area contributed by atoms with Crippen LogP contribution in [0.5, 0.6) is 5.75 Å². The van der Waals surface area contributed by atoms with Crippen LogP contribution >= 0.6 is 0 Å². The summed E-state index contributed by atoms with van der Waals surface area (Å²) in [6, 6.07) is 9.14. The van der Waals surface area contributed by atoms with Gasteiger partial charge in [-0.25, -0.2) is 9.59 Å². The first-order chi connectivity index (χ1) is 15.5. The number of benzene rings is 2. The first-order valence-corrected chi connectivity index (χ1v) is 12.0. The molecule has 0 saturated carbocycles. The Hall–Kier alpha value is -2.20. The molecule has 3 N–H and O–H groups in total. The molecule has 196 valence electrons. The molecule has 0 fully saturated rings. The normalized spacial score (nSPS) is 12.2. The van der Waals surface area contributed by atoms with Gasteiger partial charge in [-0.1, -0.05) is 95.2 Å². The van der Waals surface area contributed by atoms with Crippen LogP contribution in [0.25, 0.3) is 0 Å². The Morgan fingerprint density at radius 3 is 1.19 bits per heavy atom. The second-order valence-electron chi connectivity index (χ2n) is 13.3. The van der Waals surface area contributed by atoms with Gasteiger partial charge in [0.15, 0.2) is 0 Å². The van der Waals surface area contributed by atoms with E-state index in [1.54, 1.807) is 18.2 Å². The maximum atomic E-state index is 11.2. The van der Waals surface area contributed by atoms with E-state index in [0.717, 1.165) is 16.7 Å². The zero-order chi connectivity index (χ0) is 27.7. The molecule has 0 spiro atoms. The fourth-order valence-corrected chi connectivity index (χ4v) is 3.42. The summed E-state index contributed by atoms with van der Waals surface area (Å²) in [6.45, 7) is 24.5. The van der Waals surface area contributed by atoms with Gasteiger partial charge in [0.25, 0.3) is 0 Å². The van der Waals surface area contributed by atoms with Crippen LogP contribution in [-0.2, 0) is 41.1 Å². The first-order valence-electron chi connectivity index (χ1n) is 12.0. The molecule has 0 amide bonds. The minimum Gasteiger partial charge on any atom is -0.507 e. The van der Waals surface area contributed by atoms with E-state index in [9.17, 15) is 19.8 Å². The second-order valence-corrected chi connectivity index (χ2v) is 13.3. The zero-order valence-electron chi connectivity index (χ0n) is 24.3. The first kappa shape index (κ1) is 33.8. The minimum absolute atomic E-state index is 0. The predicted octanol–water partition coefficient (Wildman–Crippen LogP) is 7.66. The van der Waals surface area contributed by atoms with Gasteiger partial charge in [-0.2, -0.15) is 0 Å². The van der Waals surface area contributed by atoms with Crippen molar-refractivity contribution in [3.05, 3.63) is 63.7 Å². The van der Waals surface area contributed by atoms with Gasteiger partial charge in [-0.15, -0.1) is 0 Å². The standard InChI is InChI=1S/C15H22O3.C15H22O2.Zn/c1-14(2,3)9-7-10(13(17)18)12(16)11(8-9)15(4,5)6;1-14(2,3)11-7-10(13(16)17)8-12(9-11)15(4,5)6;/h7-8,16H,1-6H3,(H,17,18);7-9H,1-6H3,(H,16,17);. The number of carboxylic acids is 2. The SMILES string of the molecule is CC(C)(C)c1cc(C(=O)O)c(O)c(C(C)(C)C)c1.CC(C)(C)c1cc(C(=O)O)cc(C(C)(C)C)c1.[Zn]. The summed E-state index contributed by atoms with van der Waals surface area (Å²) in [4.78, 5) is 22.4. The maximum Gasteiger partial charge on any atom is 0.339 e. The maximum absolute atomic E-state index is 11.2. The van der Waals surface area contributed by atoms with Gasteiger partial charge in [-0.3, -0.25) is 0 Å². The van der Waals surface area contributed by atoms with E-state index in [1.807, 2.05) is 47.6 Å². The van der Waals surface area contributed by atoms with Gasteiger partial charge < -0.3 is 15.3 Å². The predicted molar refractivity (Wildman–Crippen MR) is 143 cm³/mol. The number of aromatic hydroxyl groups is 1. The van der Waals surface area contributed by atoms with Crippen LogP contribution in [0.15, 0.2) is 30.3 Å². The van der Waals surface area contributed by atoms with Crippen molar-refractivity contribution >= 4 is 11.9 Å². The number of hydrogen-bond acceptors (Lipinski definition) is 3.